The maximum absolute atomic E-state index is 13.7. The Hall–Kier alpha value is -3.84. The van der Waals surface area contributed by atoms with Crippen molar-refractivity contribution in [3.63, 3.8) is 0 Å². The number of amides is 3. The SMILES string of the molecule is COCC(COC)n1c(=O)c(-c2cccc(Cl)c2Cl)cn(CC(=O)N2CCC(N3CCc4cc(OC)ccc4NC3=O)CC2)c1=O. The normalized spacial score (nSPS) is 15.5. The first-order chi connectivity index (χ1) is 22.2. The summed E-state index contributed by atoms with van der Waals surface area (Å²) in [6.45, 7) is 1.11. The fourth-order valence-electron chi connectivity index (χ4n) is 6.11. The average Bonchev–Trinajstić information content (AvgIpc) is 3.21. The summed E-state index contributed by atoms with van der Waals surface area (Å²) in [6.07, 6.45) is 3.20. The summed E-state index contributed by atoms with van der Waals surface area (Å²) < 4.78 is 18.2. The highest BCUT2D eigenvalue weighted by Gasteiger charge is 2.32. The summed E-state index contributed by atoms with van der Waals surface area (Å²) >= 11 is 12.7. The molecule has 12 nitrogen and oxygen atoms in total. The molecule has 1 saturated heterocycles. The first-order valence-corrected chi connectivity index (χ1v) is 15.7. The van der Waals surface area contributed by atoms with Gasteiger partial charge in [0.2, 0.25) is 5.91 Å². The number of nitrogens with one attached hydrogen (secondary N) is 1. The summed E-state index contributed by atoms with van der Waals surface area (Å²) in [5.41, 5.74) is 0.942. The summed E-state index contributed by atoms with van der Waals surface area (Å²) in [5.74, 6) is 0.447. The number of carbonyl (C=O) groups is 2. The number of aromatic nitrogens is 2. The third kappa shape index (κ3) is 6.95. The smallest absolute Gasteiger partial charge is 0.331 e. The average molecular weight is 675 g/mol. The van der Waals surface area contributed by atoms with Crippen molar-refractivity contribution in [2.75, 3.05) is 59.5 Å². The quantitative estimate of drug-likeness (QED) is 0.346. The lowest BCUT2D eigenvalue weighted by molar-refractivity contribution is -0.133. The van der Waals surface area contributed by atoms with Crippen LogP contribution in [0.25, 0.3) is 11.1 Å². The third-order valence-corrected chi connectivity index (χ3v) is 9.33. The second-order valence-corrected chi connectivity index (χ2v) is 12.1. The molecule has 1 aromatic heterocycles. The van der Waals surface area contributed by atoms with Gasteiger partial charge in [-0.2, -0.15) is 0 Å². The molecule has 14 heteroatoms. The van der Waals surface area contributed by atoms with Gasteiger partial charge in [-0.05, 0) is 49.1 Å². The summed E-state index contributed by atoms with van der Waals surface area (Å²) in [4.78, 5) is 57.7. The first kappa shape index (κ1) is 33.5. The largest absolute Gasteiger partial charge is 0.497 e. The molecule has 0 atom stereocenters. The van der Waals surface area contributed by atoms with Crippen LogP contribution < -0.4 is 21.3 Å². The molecule has 0 bridgehead atoms. The number of halogens is 2. The number of anilines is 1. The van der Waals surface area contributed by atoms with Crippen LogP contribution in [0.3, 0.4) is 0 Å². The molecule has 246 valence electrons. The van der Waals surface area contributed by atoms with Crippen LogP contribution in [-0.4, -0.2) is 91.1 Å². The molecule has 0 spiro atoms. The van der Waals surface area contributed by atoms with E-state index in [0.717, 1.165) is 21.6 Å². The van der Waals surface area contributed by atoms with E-state index in [9.17, 15) is 19.2 Å². The van der Waals surface area contributed by atoms with Crippen LogP contribution >= 0.6 is 23.2 Å². The maximum Gasteiger partial charge on any atom is 0.331 e. The van der Waals surface area contributed by atoms with Crippen molar-refractivity contribution >= 4 is 40.8 Å². The number of rotatable bonds is 10. The van der Waals surface area contributed by atoms with Crippen molar-refractivity contribution in [3.8, 4) is 16.9 Å². The third-order valence-electron chi connectivity index (χ3n) is 8.51. The number of benzene rings is 2. The molecule has 1 N–H and O–H groups in total. The Kier molecular flexibility index (Phi) is 10.7. The number of nitrogens with zero attached hydrogens (tertiary/aromatic N) is 4. The van der Waals surface area contributed by atoms with Crippen LogP contribution in [0.1, 0.15) is 24.4 Å². The second kappa shape index (κ2) is 14.7. The molecule has 2 aliphatic rings. The fraction of sp³-hybridized carbons (Fsp3) is 0.438. The Morgan fingerprint density at radius 1 is 0.978 bits per heavy atom. The van der Waals surface area contributed by atoms with E-state index in [0.29, 0.717) is 44.5 Å². The lowest BCUT2D eigenvalue weighted by Gasteiger charge is -2.38. The van der Waals surface area contributed by atoms with Crippen LogP contribution in [0.5, 0.6) is 5.75 Å². The number of fused-ring (bicyclic) bond motifs is 1. The van der Waals surface area contributed by atoms with E-state index in [2.05, 4.69) is 5.32 Å². The van der Waals surface area contributed by atoms with E-state index >= 15 is 0 Å². The van der Waals surface area contributed by atoms with Crippen molar-refractivity contribution in [1.29, 1.82) is 0 Å². The number of carbonyl (C=O) groups excluding carboxylic acids is 2. The number of ether oxygens (including phenoxy) is 3. The molecule has 3 heterocycles. The minimum Gasteiger partial charge on any atom is -0.497 e. The minimum atomic E-state index is -0.753. The van der Waals surface area contributed by atoms with E-state index in [1.54, 1.807) is 30.2 Å². The number of methoxy groups -OCH3 is 3. The zero-order valence-electron chi connectivity index (χ0n) is 26.0. The molecule has 3 aromatic rings. The first-order valence-electron chi connectivity index (χ1n) is 15.0. The minimum absolute atomic E-state index is 0.0277. The number of hydrogen-bond acceptors (Lipinski definition) is 7. The standard InChI is InChI=1S/C32H37Cl2N5O7/c1-44-18-22(19-45-2)39-30(41)25(24-5-4-6-26(33)29(24)34)16-37(32(39)43)17-28(40)36-12-10-21(11-13-36)38-14-9-20-15-23(46-3)7-8-27(20)35-31(38)42/h4-8,15-16,21-22H,9-14,17-19H2,1-3H3,(H,35,42). The molecular formula is C32H37Cl2N5O7. The lowest BCUT2D eigenvalue weighted by atomic mass is 10.0. The van der Waals surface area contributed by atoms with Crippen LogP contribution in [0.4, 0.5) is 10.5 Å². The van der Waals surface area contributed by atoms with Crippen LogP contribution in [0.15, 0.2) is 52.2 Å². The van der Waals surface area contributed by atoms with Gasteiger partial charge in [0.25, 0.3) is 5.56 Å². The molecule has 46 heavy (non-hydrogen) atoms. The monoisotopic (exact) mass is 673 g/mol. The Morgan fingerprint density at radius 3 is 2.37 bits per heavy atom. The molecule has 3 amide bonds. The molecule has 2 aromatic carbocycles. The van der Waals surface area contributed by atoms with Gasteiger partial charge >= 0.3 is 11.7 Å². The number of hydrogen-bond donors (Lipinski definition) is 1. The fourth-order valence-corrected chi connectivity index (χ4v) is 6.51. The van der Waals surface area contributed by atoms with Crippen LogP contribution in [0.2, 0.25) is 10.0 Å². The molecule has 0 unspecified atom stereocenters. The highest BCUT2D eigenvalue weighted by molar-refractivity contribution is 6.43. The van der Waals surface area contributed by atoms with Crippen molar-refractivity contribution in [2.24, 2.45) is 0 Å². The molecule has 1 fully saturated rings. The van der Waals surface area contributed by atoms with Crippen molar-refractivity contribution in [1.82, 2.24) is 18.9 Å². The van der Waals surface area contributed by atoms with Gasteiger partial charge in [-0.25, -0.2) is 9.59 Å². The maximum atomic E-state index is 13.7. The highest BCUT2D eigenvalue weighted by Crippen LogP contribution is 2.32. The Morgan fingerprint density at radius 2 is 1.70 bits per heavy atom. The predicted octanol–water partition coefficient (Wildman–Crippen LogP) is 3.91. The van der Waals surface area contributed by atoms with Gasteiger partial charge < -0.3 is 29.3 Å². The highest BCUT2D eigenvalue weighted by atomic mass is 35.5. The van der Waals surface area contributed by atoms with Crippen molar-refractivity contribution < 1.29 is 23.8 Å². The molecular weight excluding hydrogens is 637 g/mol. The lowest BCUT2D eigenvalue weighted by Crippen LogP contribution is -2.51. The van der Waals surface area contributed by atoms with Gasteiger partial charge in [0.15, 0.2) is 0 Å². The Bertz CT molecular complexity index is 1710. The number of urea groups is 1. The van der Waals surface area contributed by atoms with E-state index < -0.39 is 17.3 Å². The summed E-state index contributed by atoms with van der Waals surface area (Å²) in [7, 11) is 4.53. The van der Waals surface area contributed by atoms with E-state index in [1.807, 2.05) is 23.1 Å². The topological polar surface area (TPSA) is 124 Å². The van der Waals surface area contributed by atoms with Gasteiger partial charge in [-0.1, -0.05) is 35.3 Å². The van der Waals surface area contributed by atoms with Crippen molar-refractivity contribution in [2.45, 2.75) is 37.9 Å². The second-order valence-electron chi connectivity index (χ2n) is 11.3. The number of piperidine rings is 1. The van der Waals surface area contributed by atoms with Crippen LogP contribution in [0, 0.1) is 0 Å². The Balaban J connectivity index is 1.35. The zero-order chi connectivity index (χ0) is 33.0. The summed E-state index contributed by atoms with van der Waals surface area (Å²) in [5, 5.41) is 3.40. The predicted molar refractivity (Wildman–Crippen MR) is 175 cm³/mol. The van der Waals surface area contributed by atoms with Gasteiger partial charge in [-0.3, -0.25) is 18.7 Å². The van der Waals surface area contributed by atoms with Gasteiger partial charge in [0, 0.05) is 57.3 Å². The van der Waals surface area contributed by atoms with Crippen LogP contribution in [-0.2, 0) is 27.2 Å². The van der Waals surface area contributed by atoms with Crippen molar-refractivity contribution in [3.05, 3.63) is 79.0 Å². The molecule has 5 rings (SSSR count). The van der Waals surface area contributed by atoms with E-state index in [1.165, 1.54) is 25.0 Å². The molecule has 0 aliphatic carbocycles. The zero-order valence-corrected chi connectivity index (χ0v) is 27.5. The molecule has 0 radical (unpaired) electrons. The van der Waals surface area contributed by atoms with E-state index in [-0.39, 0.29) is 53.3 Å². The van der Waals surface area contributed by atoms with Gasteiger partial charge in [0.05, 0.1) is 42.0 Å². The van der Waals surface area contributed by atoms with E-state index in [4.69, 9.17) is 37.4 Å². The Labute approximate surface area is 276 Å². The molecule has 0 saturated carbocycles. The van der Waals surface area contributed by atoms with Gasteiger partial charge in [0.1, 0.15) is 12.3 Å². The summed E-state index contributed by atoms with van der Waals surface area (Å²) in [6, 6.07) is 9.51. The number of likely N-dealkylation sites (tertiary alicyclic amines) is 1. The van der Waals surface area contributed by atoms with Gasteiger partial charge in [-0.15, -0.1) is 0 Å². The molecule has 2 aliphatic heterocycles.